The quantitative estimate of drug-likeness (QED) is 0.796. The van der Waals surface area contributed by atoms with Gasteiger partial charge in [0.05, 0.1) is 6.54 Å². The van der Waals surface area contributed by atoms with Crippen molar-refractivity contribution in [3.8, 4) is 0 Å². The molecule has 1 N–H and O–H groups in total. The monoisotopic (exact) mass is 323 g/mol. The highest BCUT2D eigenvalue weighted by atomic mass is 16.5. The number of hydrogen-bond donors (Lipinski definition) is 1. The van der Waals surface area contributed by atoms with Crippen molar-refractivity contribution in [2.75, 3.05) is 18.4 Å². The molecular weight excluding hydrogens is 294 g/mol. The van der Waals surface area contributed by atoms with Gasteiger partial charge in [0.2, 0.25) is 11.8 Å². The van der Waals surface area contributed by atoms with E-state index < -0.39 is 0 Å². The van der Waals surface area contributed by atoms with E-state index in [9.17, 15) is 9.59 Å². The summed E-state index contributed by atoms with van der Waals surface area (Å²) in [5.41, 5.74) is 0.194. The minimum absolute atomic E-state index is 0.0268. The third-order valence-corrected chi connectivity index (χ3v) is 3.37. The van der Waals surface area contributed by atoms with Crippen LogP contribution in [0.15, 0.2) is 16.9 Å². The van der Waals surface area contributed by atoms with Crippen molar-refractivity contribution in [2.45, 2.75) is 53.9 Å². The predicted octanol–water partition coefficient (Wildman–Crippen LogP) is 3.31. The highest BCUT2D eigenvalue weighted by Gasteiger charge is 2.22. The third kappa shape index (κ3) is 7.81. The first-order valence-corrected chi connectivity index (χ1v) is 8.19. The van der Waals surface area contributed by atoms with E-state index in [1.54, 1.807) is 11.0 Å². The van der Waals surface area contributed by atoms with Crippen LogP contribution < -0.4 is 5.32 Å². The Hall–Kier alpha value is -1.85. The first kappa shape index (κ1) is 19.2. The van der Waals surface area contributed by atoms with Gasteiger partial charge in [-0.3, -0.25) is 9.59 Å². The summed E-state index contributed by atoms with van der Waals surface area (Å²) in [5, 5.41) is 6.25. The van der Waals surface area contributed by atoms with Crippen molar-refractivity contribution in [2.24, 2.45) is 11.3 Å². The maximum absolute atomic E-state index is 12.5. The zero-order valence-corrected chi connectivity index (χ0v) is 14.9. The van der Waals surface area contributed by atoms with Crippen LogP contribution in [-0.2, 0) is 9.59 Å². The van der Waals surface area contributed by atoms with Crippen LogP contribution in [0.4, 0.5) is 5.82 Å². The van der Waals surface area contributed by atoms with Crippen molar-refractivity contribution in [1.82, 2.24) is 10.1 Å². The number of anilines is 1. The van der Waals surface area contributed by atoms with E-state index >= 15 is 0 Å². The van der Waals surface area contributed by atoms with Gasteiger partial charge in [0.25, 0.3) is 0 Å². The van der Waals surface area contributed by atoms with Crippen molar-refractivity contribution >= 4 is 17.6 Å². The summed E-state index contributed by atoms with van der Waals surface area (Å²) in [6.07, 6.45) is 3.65. The number of rotatable bonds is 8. The Bertz CT molecular complexity index is 492. The Labute approximate surface area is 138 Å². The van der Waals surface area contributed by atoms with Crippen LogP contribution in [-0.4, -0.2) is 35.0 Å². The molecule has 1 aromatic heterocycles. The summed E-state index contributed by atoms with van der Waals surface area (Å²) in [5.74, 6) is 0.420. The van der Waals surface area contributed by atoms with Crippen LogP contribution in [0, 0.1) is 11.3 Å². The molecule has 6 heteroatoms. The molecule has 1 atom stereocenters. The lowest BCUT2D eigenvalue weighted by molar-refractivity contribution is -0.135. The van der Waals surface area contributed by atoms with Crippen molar-refractivity contribution in [3.63, 3.8) is 0 Å². The number of hydrogen-bond acceptors (Lipinski definition) is 4. The fraction of sp³-hybridized carbons (Fsp3) is 0.706. The van der Waals surface area contributed by atoms with Crippen LogP contribution in [0.25, 0.3) is 0 Å². The highest BCUT2D eigenvalue weighted by Crippen LogP contribution is 2.26. The Morgan fingerprint density at radius 2 is 2.09 bits per heavy atom. The van der Waals surface area contributed by atoms with Gasteiger partial charge in [0, 0.05) is 19.0 Å². The number of nitrogens with one attached hydrogen (secondary N) is 1. The first-order chi connectivity index (χ1) is 10.7. The van der Waals surface area contributed by atoms with E-state index in [4.69, 9.17) is 0 Å². The fourth-order valence-electron chi connectivity index (χ4n) is 2.74. The van der Waals surface area contributed by atoms with Crippen LogP contribution in [0.2, 0.25) is 0 Å². The molecule has 0 spiro atoms. The summed E-state index contributed by atoms with van der Waals surface area (Å²) in [6.45, 7) is 11.2. The maximum atomic E-state index is 12.5. The molecule has 2 amide bonds. The summed E-state index contributed by atoms with van der Waals surface area (Å²) < 4.78 is 4.67. The van der Waals surface area contributed by atoms with Crippen molar-refractivity contribution < 1.29 is 14.1 Å². The molecule has 0 aromatic carbocycles. The normalized spacial score (nSPS) is 12.7. The van der Waals surface area contributed by atoms with Crippen LogP contribution >= 0.6 is 0 Å². The lowest BCUT2D eigenvalue weighted by Gasteiger charge is -2.26. The van der Waals surface area contributed by atoms with Crippen molar-refractivity contribution in [1.29, 1.82) is 0 Å². The molecule has 130 valence electrons. The zero-order chi connectivity index (χ0) is 17.5. The Morgan fingerprint density at radius 3 is 2.61 bits per heavy atom. The predicted molar refractivity (Wildman–Crippen MR) is 89.9 cm³/mol. The standard InChI is InChI=1S/C17H29N3O3/c1-6-8-20(12-15(21)18-14-7-9-23-19-14)16(22)10-13(2)11-17(3,4)5/h7,9,13H,6,8,10-12H2,1-5H3,(H,18,19,21). The zero-order valence-electron chi connectivity index (χ0n) is 14.9. The molecule has 0 fully saturated rings. The van der Waals surface area contributed by atoms with Crippen molar-refractivity contribution in [3.05, 3.63) is 12.3 Å². The maximum Gasteiger partial charge on any atom is 0.245 e. The average molecular weight is 323 g/mol. The van der Waals surface area contributed by atoms with Gasteiger partial charge in [0.15, 0.2) is 5.82 Å². The van der Waals surface area contributed by atoms with Gasteiger partial charge in [-0.1, -0.05) is 39.8 Å². The van der Waals surface area contributed by atoms with E-state index in [0.29, 0.717) is 24.7 Å². The topological polar surface area (TPSA) is 75.4 Å². The molecule has 6 nitrogen and oxygen atoms in total. The van der Waals surface area contributed by atoms with Gasteiger partial charge < -0.3 is 14.7 Å². The van der Waals surface area contributed by atoms with E-state index in [1.807, 2.05) is 6.92 Å². The molecule has 0 aliphatic rings. The minimum atomic E-state index is -0.260. The molecule has 1 unspecified atom stereocenters. The highest BCUT2D eigenvalue weighted by molar-refractivity contribution is 5.93. The van der Waals surface area contributed by atoms with Gasteiger partial charge >= 0.3 is 0 Å². The van der Waals surface area contributed by atoms with E-state index in [0.717, 1.165) is 12.8 Å². The van der Waals surface area contributed by atoms with Crippen LogP contribution in [0.3, 0.4) is 0 Å². The molecule has 1 rings (SSSR count). The molecule has 0 saturated carbocycles. The fourth-order valence-corrected chi connectivity index (χ4v) is 2.74. The Morgan fingerprint density at radius 1 is 1.39 bits per heavy atom. The molecule has 1 heterocycles. The molecule has 0 bridgehead atoms. The molecular formula is C17H29N3O3. The molecule has 1 aromatic rings. The van der Waals surface area contributed by atoms with Crippen LogP contribution in [0.5, 0.6) is 0 Å². The minimum Gasteiger partial charge on any atom is -0.363 e. The van der Waals surface area contributed by atoms with Gasteiger partial charge in [0.1, 0.15) is 6.26 Å². The van der Waals surface area contributed by atoms with Gasteiger partial charge in [-0.25, -0.2) is 0 Å². The smallest absolute Gasteiger partial charge is 0.245 e. The average Bonchev–Trinajstić information content (AvgIpc) is 2.88. The molecule has 0 aliphatic carbocycles. The van der Waals surface area contributed by atoms with Gasteiger partial charge in [-0.05, 0) is 24.2 Å². The summed E-state index contributed by atoms with van der Waals surface area (Å²) in [6, 6.07) is 1.56. The first-order valence-electron chi connectivity index (χ1n) is 8.19. The lowest BCUT2D eigenvalue weighted by atomic mass is 9.84. The van der Waals surface area contributed by atoms with Gasteiger partial charge in [-0.15, -0.1) is 0 Å². The number of amides is 2. The number of carbonyl (C=O) groups excluding carboxylic acids is 2. The Balaban J connectivity index is 2.55. The summed E-state index contributed by atoms with van der Waals surface area (Å²) >= 11 is 0. The SMILES string of the molecule is CCCN(CC(=O)Nc1ccon1)C(=O)CC(C)CC(C)(C)C. The van der Waals surface area contributed by atoms with E-state index in [1.165, 1.54) is 6.26 Å². The van der Waals surface area contributed by atoms with Gasteiger partial charge in [-0.2, -0.15) is 0 Å². The van der Waals surface area contributed by atoms with Crippen LogP contribution in [0.1, 0.15) is 53.9 Å². The third-order valence-electron chi connectivity index (χ3n) is 3.37. The molecule has 23 heavy (non-hydrogen) atoms. The van der Waals surface area contributed by atoms with E-state index in [-0.39, 0.29) is 23.8 Å². The summed E-state index contributed by atoms with van der Waals surface area (Å²) in [7, 11) is 0. The molecule has 0 saturated heterocycles. The number of carbonyl (C=O) groups is 2. The number of nitrogens with zero attached hydrogens (tertiary/aromatic N) is 2. The van der Waals surface area contributed by atoms with E-state index in [2.05, 4.69) is 42.7 Å². The summed E-state index contributed by atoms with van der Waals surface area (Å²) in [4.78, 5) is 26.1. The number of aromatic nitrogens is 1. The second-order valence-electron chi connectivity index (χ2n) is 7.32. The largest absolute Gasteiger partial charge is 0.363 e. The Kier molecular flexibility index (Phi) is 7.26. The second kappa shape index (κ2) is 8.70. The molecule has 0 radical (unpaired) electrons. The molecule has 0 aliphatic heterocycles. The second-order valence-corrected chi connectivity index (χ2v) is 7.32. The lowest BCUT2D eigenvalue weighted by Crippen LogP contribution is -2.39.